The van der Waals surface area contributed by atoms with Crippen LogP contribution in [-0.2, 0) is 4.79 Å². The Labute approximate surface area is 154 Å². The fraction of sp³-hybridized carbons (Fsp3) is 0.684. The van der Waals surface area contributed by atoms with Gasteiger partial charge in [0, 0.05) is 12.5 Å². The first-order chi connectivity index (χ1) is 11.8. The SMILES string of the molecule is CCC(CC(C)C)C(=O)NC(C)(CNC(=O)c1ccoc1Cl)C1CC1. The summed E-state index contributed by atoms with van der Waals surface area (Å²) in [5.41, 5.74) is -0.120. The van der Waals surface area contributed by atoms with E-state index in [1.54, 1.807) is 6.07 Å². The number of halogens is 1. The van der Waals surface area contributed by atoms with Crippen LogP contribution in [0.2, 0.25) is 5.22 Å². The normalized spacial score (nSPS) is 17.8. The fourth-order valence-corrected chi connectivity index (χ4v) is 3.44. The quantitative estimate of drug-likeness (QED) is 0.691. The summed E-state index contributed by atoms with van der Waals surface area (Å²) in [6.07, 6.45) is 5.22. The van der Waals surface area contributed by atoms with Crippen LogP contribution in [0.4, 0.5) is 0 Å². The van der Waals surface area contributed by atoms with E-state index in [1.807, 2.05) is 13.8 Å². The molecule has 140 valence electrons. The summed E-state index contributed by atoms with van der Waals surface area (Å²) in [5, 5.41) is 6.19. The standard InChI is InChI=1S/C19H29ClN2O3/c1-5-13(10-12(2)3)17(23)22-19(4,14-6-7-14)11-21-18(24)15-8-9-25-16(15)20/h8-9,12-14H,5-7,10-11H2,1-4H3,(H,21,24)(H,22,23). The Kier molecular flexibility index (Phi) is 6.55. The van der Waals surface area contributed by atoms with Crippen LogP contribution in [0.5, 0.6) is 0 Å². The van der Waals surface area contributed by atoms with E-state index in [-0.39, 0.29) is 23.0 Å². The Hall–Kier alpha value is -1.49. The van der Waals surface area contributed by atoms with Crippen LogP contribution < -0.4 is 10.6 Å². The number of carbonyl (C=O) groups excluding carboxylic acids is 2. The third-order valence-electron chi connectivity index (χ3n) is 4.99. The largest absolute Gasteiger partial charge is 0.452 e. The van der Waals surface area contributed by atoms with E-state index >= 15 is 0 Å². The van der Waals surface area contributed by atoms with E-state index in [2.05, 4.69) is 24.5 Å². The molecule has 1 aromatic heterocycles. The monoisotopic (exact) mass is 368 g/mol. The zero-order chi connectivity index (χ0) is 18.6. The van der Waals surface area contributed by atoms with Crippen molar-refractivity contribution < 1.29 is 14.0 Å². The lowest BCUT2D eigenvalue weighted by atomic mass is 9.90. The molecule has 0 radical (unpaired) electrons. The van der Waals surface area contributed by atoms with Crippen molar-refractivity contribution in [3.63, 3.8) is 0 Å². The molecule has 1 heterocycles. The van der Waals surface area contributed by atoms with Gasteiger partial charge in [0.2, 0.25) is 11.1 Å². The average molecular weight is 369 g/mol. The lowest BCUT2D eigenvalue weighted by molar-refractivity contribution is -0.127. The van der Waals surface area contributed by atoms with Gasteiger partial charge in [0.05, 0.1) is 17.4 Å². The minimum Gasteiger partial charge on any atom is -0.452 e. The molecule has 0 bridgehead atoms. The smallest absolute Gasteiger partial charge is 0.256 e. The number of amides is 2. The topological polar surface area (TPSA) is 71.3 Å². The molecular formula is C19H29ClN2O3. The molecular weight excluding hydrogens is 340 g/mol. The van der Waals surface area contributed by atoms with Crippen LogP contribution in [0.3, 0.4) is 0 Å². The highest BCUT2D eigenvalue weighted by Crippen LogP contribution is 2.39. The van der Waals surface area contributed by atoms with Crippen molar-refractivity contribution in [2.45, 2.75) is 58.9 Å². The predicted molar refractivity (Wildman–Crippen MR) is 98.6 cm³/mol. The second-order valence-corrected chi connectivity index (χ2v) is 8.05. The van der Waals surface area contributed by atoms with Crippen molar-refractivity contribution in [3.8, 4) is 0 Å². The molecule has 0 saturated heterocycles. The fourth-order valence-electron chi connectivity index (χ4n) is 3.24. The summed E-state index contributed by atoms with van der Waals surface area (Å²) in [6.45, 7) is 8.70. The van der Waals surface area contributed by atoms with Crippen molar-refractivity contribution in [2.75, 3.05) is 6.54 Å². The molecule has 6 heteroatoms. The van der Waals surface area contributed by atoms with Crippen LogP contribution in [-0.4, -0.2) is 23.9 Å². The molecule has 1 aliphatic carbocycles. The first-order valence-electron chi connectivity index (χ1n) is 9.10. The molecule has 1 aliphatic rings. The number of hydrogen-bond donors (Lipinski definition) is 2. The van der Waals surface area contributed by atoms with Crippen LogP contribution in [0.15, 0.2) is 16.7 Å². The van der Waals surface area contributed by atoms with Crippen molar-refractivity contribution in [1.82, 2.24) is 10.6 Å². The van der Waals surface area contributed by atoms with Gasteiger partial charge in [0.1, 0.15) is 0 Å². The molecule has 0 spiro atoms. The van der Waals surface area contributed by atoms with E-state index in [9.17, 15) is 9.59 Å². The minimum atomic E-state index is -0.437. The van der Waals surface area contributed by atoms with E-state index in [1.165, 1.54) is 6.26 Å². The van der Waals surface area contributed by atoms with E-state index in [4.69, 9.17) is 16.0 Å². The Balaban J connectivity index is 1.99. The molecule has 2 amide bonds. The third-order valence-corrected chi connectivity index (χ3v) is 5.28. The second kappa shape index (κ2) is 8.26. The van der Waals surface area contributed by atoms with Gasteiger partial charge >= 0.3 is 0 Å². The highest BCUT2D eigenvalue weighted by molar-refractivity contribution is 6.32. The van der Waals surface area contributed by atoms with Gasteiger partial charge < -0.3 is 15.1 Å². The van der Waals surface area contributed by atoms with E-state index in [0.717, 1.165) is 25.7 Å². The molecule has 2 N–H and O–H groups in total. The number of carbonyl (C=O) groups is 2. The number of furan rings is 1. The average Bonchev–Trinajstić information content (AvgIpc) is 3.32. The first-order valence-corrected chi connectivity index (χ1v) is 9.47. The zero-order valence-electron chi connectivity index (χ0n) is 15.5. The Morgan fingerprint density at radius 1 is 1.40 bits per heavy atom. The first kappa shape index (κ1) is 19.8. The summed E-state index contributed by atoms with van der Waals surface area (Å²) in [4.78, 5) is 25.0. The lowest BCUT2D eigenvalue weighted by Crippen LogP contribution is -2.56. The van der Waals surface area contributed by atoms with Crippen molar-refractivity contribution in [2.24, 2.45) is 17.8 Å². The van der Waals surface area contributed by atoms with Crippen LogP contribution in [0.1, 0.15) is 63.7 Å². The van der Waals surface area contributed by atoms with Gasteiger partial charge in [-0.2, -0.15) is 0 Å². The maximum Gasteiger partial charge on any atom is 0.256 e. The highest BCUT2D eigenvalue weighted by atomic mass is 35.5. The molecule has 0 aromatic carbocycles. The molecule has 0 aliphatic heterocycles. The summed E-state index contributed by atoms with van der Waals surface area (Å²) in [5.74, 6) is 0.686. The highest BCUT2D eigenvalue weighted by Gasteiger charge is 2.43. The minimum absolute atomic E-state index is 0.0112. The van der Waals surface area contributed by atoms with Crippen LogP contribution in [0, 0.1) is 17.8 Å². The Morgan fingerprint density at radius 3 is 2.56 bits per heavy atom. The van der Waals surface area contributed by atoms with Crippen molar-refractivity contribution in [1.29, 1.82) is 0 Å². The van der Waals surface area contributed by atoms with Gasteiger partial charge in [-0.15, -0.1) is 0 Å². The predicted octanol–water partition coefficient (Wildman–Crippen LogP) is 4.02. The number of hydrogen-bond acceptors (Lipinski definition) is 3. The Morgan fingerprint density at radius 2 is 2.08 bits per heavy atom. The van der Waals surface area contributed by atoms with Crippen molar-refractivity contribution in [3.05, 3.63) is 23.1 Å². The molecule has 5 nitrogen and oxygen atoms in total. The lowest BCUT2D eigenvalue weighted by Gasteiger charge is -2.33. The number of nitrogens with one attached hydrogen (secondary N) is 2. The van der Waals surface area contributed by atoms with Gasteiger partial charge in [0.25, 0.3) is 5.91 Å². The summed E-state index contributed by atoms with van der Waals surface area (Å²) >= 11 is 5.86. The molecule has 25 heavy (non-hydrogen) atoms. The van der Waals surface area contributed by atoms with Gasteiger partial charge in [0.15, 0.2) is 0 Å². The van der Waals surface area contributed by atoms with E-state index < -0.39 is 5.54 Å². The molecule has 2 unspecified atom stereocenters. The van der Waals surface area contributed by atoms with Crippen LogP contribution in [0.25, 0.3) is 0 Å². The maximum absolute atomic E-state index is 12.7. The maximum atomic E-state index is 12.7. The van der Waals surface area contributed by atoms with Crippen molar-refractivity contribution >= 4 is 23.4 Å². The summed E-state index contributed by atoms with van der Waals surface area (Å²) in [6, 6.07) is 1.54. The molecule has 1 saturated carbocycles. The molecule has 1 fully saturated rings. The molecule has 1 aromatic rings. The van der Waals surface area contributed by atoms with Crippen LogP contribution >= 0.6 is 11.6 Å². The van der Waals surface area contributed by atoms with Gasteiger partial charge in [-0.1, -0.05) is 20.8 Å². The molecule has 2 atom stereocenters. The van der Waals surface area contributed by atoms with E-state index in [0.29, 0.717) is 23.9 Å². The summed E-state index contributed by atoms with van der Waals surface area (Å²) in [7, 11) is 0. The van der Waals surface area contributed by atoms with Gasteiger partial charge in [-0.3, -0.25) is 9.59 Å². The van der Waals surface area contributed by atoms with Gasteiger partial charge in [-0.25, -0.2) is 0 Å². The number of rotatable bonds is 9. The second-order valence-electron chi connectivity index (χ2n) is 7.71. The summed E-state index contributed by atoms with van der Waals surface area (Å²) < 4.78 is 4.96. The zero-order valence-corrected chi connectivity index (χ0v) is 16.3. The van der Waals surface area contributed by atoms with Gasteiger partial charge in [-0.05, 0) is 62.1 Å². The molecule has 2 rings (SSSR count). The third kappa shape index (κ3) is 5.24. The Bertz CT molecular complexity index is 610.